The molecule has 0 aliphatic rings. The highest BCUT2D eigenvalue weighted by atomic mass is 31.2. The van der Waals surface area contributed by atoms with Crippen LogP contribution in [0.3, 0.4) is 0 Å². The van der Waals surface area contributed by atoms with E-state index in [-0.39, 0.29) is 18.3 Å². The van der Waals surface area contributed by atoms with Gasteiger partial charge in [-0.2, -0.15) is 0 Å². The van der Waals surface area contributed by atoms with Gasteiger partial charge < -0.3 is 14.4 Å². The van der Waals surface area contributed by atoms with Gasteiger partial charge in [-0.15, -0.1) is 0 Å². The van der Waals surface area contributed by atoms with E-state index in [1.165, 1.54) is 6.07 Å². The number of carbonyl (C=O) groups is 2. The van der Waals surface area contributed by atoms with Gasteiger partial charge in [0.2, 0.25) is 0 Å². The molecule has 7 nitrogen and oxygen atoms in total. The van der Waals surface area contributed by atoms with Crippen LogP contribution in [0.5, 0.6) is 5.75 Å². The van der Waals surface area contributed by atoms with Crippen LogP contribution >= 0.6 is 7.52 Å². The van der Waals surface area contributed by atoms with Crippen LogP contribution in [0.4, 0.5) is 0 Å². The Hall–Kier alpha value is -3.93. The Morgan fingerprint density at radius 3 is 2.22 bits per heavy atom. The number of carboxylic acid groups (broad SMARTS) is 1. The highest BCUT2D eigenvalue weighted by molar-refractivity contribution is 7.56. The van der Waals surface area contributed by atoms with Gasteiger partial charge in [-0.1, -0.05) is 72.8 Å². The molecule has 0 aliphatic heterocycles. The van der Waals surface area contributed by atoms with E-state index >= 15 is 0 Å². The largest absolute Gasteiger partial charge is 0.478 e. The fraction of sp³-hybridized carbons (Fsp3) is 0.143. The summed E-state index contributed by atoms with van der Waals surface area (Å²) in [5.41, 5.74) is 1.68. The Kier molecular flexibility index (Phi) is 7.84. The minimum Gasteiger partial charge on any atom is -0.478 e. The lowest BCUT2D eigenvalue weighted by Crippen LogP contribution is -2.34. The third-order valence-corrected chi connectivity index (χ3v) is 7.57. The Labute approximate surface area is 209 Å². The number of hydrogen-bond donors (Lipinski definition) is 2. The van der Waals surface area contributed by atoms with Crippen molar-refractivity contribution in [2.45, 2.75) is 25.7 Å². The van der Waals surface area contributed by atoms with Gasteiger partial charge in [0.15, 0.2) is 0 Å². The number of carboxylic acids is 1. The fourth-order valence-corrected chi connectivity index (χ4v) is 5.77. The summed E-state index contributed by atoms with van der Waals surface area (Å²) in [7, 11) is -3.64. The normalized spacial score (nSPS) is 13.5. The first-order valence-corrected chi connectivity index (χ1v) is 13.2. The number of benzene rings is 4. The first-order valence-electron chi connectivity index (χ1n) is 11.4. The number of esters is 1. The molecule has 0 heterocycles. The van der Waals surface area contributed by atoms with E-state index in [0.29, 0.717) is 16.7 Å². The molecule has 0 aromatic heterocycles. The lowest BCUT2D eigenvalue weighted by atomic mass is 10.0. The van der Waals surface area contributed by atoms with Crippen molar-refractivity contribution < 1.29 is 28.5 Å². The molecule has 2 atom stereocenters. The molecule has 36 heavy (non-hydrogen) atoms. The maximum absolute atomic E-state index is 14.0. The summed E-state index contributed by atoms with van der Waals surface area (Å²) in [6, 6.07) is 27.4. The SMILES string of the molecule is CC(NP(=O)(Cc1ccc2ccc(C(=O)O)cc2c1)Oc1ccccc1)C(=O)OCc1ccccc1. The Morgan fingerprint density at radius 2 is 1.53 bits per heavy atom. The number of carbonyl (C=O) groups excluding carboxylic acids is 1. The smallest absolute Gasteiger partial charge is 0.335 e. The topological polar surface area (TPSA) is 102 Å². The number of nitrogens with one attached hydrogen (secondary N) is 1. The van der Waals surface area contributed by atoms with Crippen LogP contribution in [-0.4, -0.2) is 23.1 Å². The lowest BCUT2D eigenvalue weighted by Gasteiger charge is -2.24. The van der Waals surface area contributed by atoms with Crippen molar-refractivity contribution in [2.24, 2.45) is 0 Å². The molecule has 0 fully saturated rings. The standard InChI is InChI=1S/C28H26NO6P/c1-20(28(32)34-18-21-8-4-2-5-9-21)29-36(33,35-26-10-6-3-7-11-26)19-22-12-13-23-14-15-24(27(30)31)17-25(23)16-22/h2-17,20H,18-19H2,1H3,(H,29,33)(H,30,31). The van der Waals surface area contributed by atoms with Crippen LogP contribution < -0.4 is 9.61 Å². The van der Waals surface area contributed by atoms with Gasteiger partial charge in [-0.25, -0.2) is 9.88 Å². The second-order valence-electron chi connectivity index (χ2n) is 8.38. The third-order valence-electron chi connectivity index (χ3n) is 5.51. The molecule has 0 bridgehead atoms. The molecule has 4 aromatic carbocycles. The molecule has 0 amide bonds. The lowest BCUT2D eigenvalue weighted by molar-refractivity contribution is -0.146. The summed E-state index contributed by atoms with van der Waals surface area (Å²) in [5.74, 6) is -1.18. The van der Waals surface area contributed by atoms with Crippen LogP contribution in [0.1, 0.15) is 28.4 Å². The summed E-state index contributed by atoms with van der Waals surface area (Å²) in [5, 5.41) is 13.7. The average Bonchev–Trinajstić information content (AvgIpc) is 2.87. The second-order valence-corrected chi connectivity index (χ2v) is 10.5. The minimum absolute atomic E-state index is 0.0224. The third kappa shape index (κ3) is 6.60. The molecule has 0 saturated carbocycles. The highest BCUT2D eigenvalue weighted by Gasteiger charge is 2.31. The van der Waals surface area contributed by atoms with Crippen molar-refractivity contribution in [3.05, 3.63) is 114 Å². The van der Waals surface area contributed by atoms with E-state index in [9.17, 15) is 19.3 Å². The monoisotopic (exact) mass is 503 g/mol. The number of fused-ring (bicyclic) bond motifs is 1. The predicted octanol–water partition coefficient (Wildman–Crippen LogP) is 6.03. The molecule has 0 aliphatic carbocycles. The maximum Gasteiger partial charge on any atom is 0.335 e. The molecule has 184 valence electrons. The van der Waals surface area contributed by atoms with Crippen LogP contribution in [-0.2, 0) is 26.9 Å². The zero-order valence-electron chi connectivity index (χ0n) is 19.7. The van der Waals surface area contributed by atoms with Crippen molar-refractivity contribution in [2.75, 3.05) is 0 Å². The van der Waals surface area contributed by atoms with Crippen molar-refractivity contribution in [3.63, 3.8) is 0 Å². The average molecular weight is 503 g/mol. The zero-order valence-corrected chi connectivity index (χ0v) is 20.6. The van der Waals surface area contributed by atoms with Crippen LogP contribution in [0.15, 0.2) is 97.1 Å². The van der Waals surface area contributed by atoms with E-state index in [1.54, 1.807) is 49.4 Å². The van der Waals surface area contributed by atoms with Gasteiger partial charge in [0, 0.05) is 0 Å². The zero-order chi connectivity index (χ0) is 25.5. The van der Waals surface area contributed by atoms with Crippen molar-refractivity contribution in [1.82, 2.24) is 5.09 Å². The van der Waals surface area contributed by atoms with Crippen molar-refractivity contribution in [1.29, 1.82) is 0 Å². The van der Waals surface area contributed by atoms with Gasteiger partial charge in [-0.05, 0) is 53.1 Å². The Morgan fingerprint density at radius 1 is 0.861 bits per heavy atom. The molecule has 4 aromatic rings. The van der Waals surface area contributed by atoms with E-state index in [4.69, 9.17) is 9.26 Å². The number of para-hydroxylation sites is 1. The number of ether oxygens (including phenoxy) is 1. The summed E-state index contributed by atoms with van der Waals surface area (Å²) < 4.78 is 25.3. The maximum atomic E-state index is 14.0. The van der Waals surface area contributed by atoms with Gasteiger partial charge >= 0.3 is 19.5 Å². The molecule has 8 heteroatoms. The molecule has 0 saturated heterocycles. The van der Waals surface area contributed by atoms with Crippen molar-refractivity contribution >= 4 is 30.2 Å². The minimum atomic E-state index is -3.64. The summed E-state index contributed by atoms with van der Waals surface area (Å²) >= 11 is 0. The molecule has 0 radical (unpaired) electrons. The quantitative estimate of drug-likeness (QED) is 0.201. The van der Waals surface area contributed by atoms with E-state index in [2.05, 4.69) is 5.09 Å². The van der Waals surface area contributed by atoms with Gasteiger partial charge in [0.1, 0.15) is 18.4 Å². The van der Waals surface area contributed by atoms with Gasteiger partial charge in [0.05, 0.1) is 11.7 Å². The Bertz CT molecular complexity index is 1410. The first kappa shape index (κ1) is 25.2. The summed E-state index contributed by atoms with van der Waals surface area (Å²) in [4.78, 5) is 24.0. The van der Waals surface area contributed by atoms with Crippen LogP contribution in [0, 0.1) is 0 Å². The van der Waals surface area contributed by atoms with Crippen LogP contribution in [0.2, 0.25) is 0 Å². The molecular formula is C28H26NO6P. The van der Waals surface area contributed by atoms with Gasteiger partial charge in [-0.3, -0.25) is 9.36 Å². The molecule has 2 N–H and O–H groups in total. The number of aromatic carboxylic acids is 1. The highest BCUT2D eigenvalue weighted by Crippen LogP contribution is 2.47. The van der Waals surface area contributed by atoms with E-state index < -0.39 is 25.5 Å². The predicted molar refractivity (Wildman–Crippen MR) is 138 cm³/mol. The number of hydrogen-bond acceptors (Lipinski definition) is 5. The fourth-order valence-electron chi connectivity index (χ4n) is 3.73. The molecule has 2 unspecified atom stereocenters. The molecule has 4 rings (SSSR count). The molecule has 0 spiro atoms. The Balaban J connectivity index is 1.55. The van der Waals surface area contributed by atoms with E-state index in [1.807, 2.05) is 48.5 Å². The molecular weight excluding hydrogens is 477 g/mol. The number of rotatable bonds is 10. The summed E-state index contributed by atoms with van der Waals surface area (Å²) in [6.45, 7) is 1.68. The van der Waals surface area contributed by atoms with Crippen molar-refractivity contribution in [3.8, 4) is 5.75 Å². The van der Waals surface area contributed by atoms with Gasteiger partial charge in [0.25, 0.3) is 0 Å². The van der Waals surface area contributed by atoms with E-state index in [0.717, 1.165) is 10.9 Å². The first-order chi connectivity index (χ1) is 17.3. The summed E-state index contributed by atoms with van der Waals surface area (Å²) in [6.07, 6.45) is -0.0224. The second kappa shape index (κ2) is 11.2. The van der Waals surface area contributed by atoms with Crippen LogP contribution in [0.25, 0.3) is 10.8 Å².